The molecule has 1 aliphatic carbocycles. The monoisotopic (exact) mass is 528 g/mol. The first-order valence-corrected chi connectivity index (χ1v) is 15.1. The fourth-order valence-corrected chi connectivity index (χ4v) is 7.50. The summed E-state index contributed by atoms with van der Waals surface area (Å²) >= 11 is 0. The number of benzene rings is 4. The minimum atomic E-state index is 0.137. The Labute approximate surface area is 239 Å². The zero-order valence-electron chi connectivity index (χ0n) is 25.2. The smallest absolute Gasteiger partial charge is 0.228 e. The zero-order chi connectivity index (χ0) is 28.0. The molecule has 0 radical (unpaired) electrons. The summed E-state index contributed by atoms with van der Waals surface area (Å²) < 4.78 is 9.35. The number of ether oxygens (including phenoxy) is 1. The average molecular weight is 529 g/mol. The zero-order valence-corrected chi connectivity index (χ0v) is 25.2. The van der Waals surface area contributed by atoms with Gasteiger partial charge in [0.15, 0.2) is 6.20 Å². The lowest BCUT2D eigenvalue weighted by atomic mass is 9.71. The SMILES string of the molecule is Cc1c2c(c(CC(C)(C)C)c3ccccc13)Oc1cc3ccc(C4CCC(C)(C)CC4)cc3c3cc[n+](C)c-2c13. The van der Waals surface area contributed by atoms with Gasteiger partial charge in [0.05, 0.1) is 10.9 Å². The van der Waals surface area contributed by atoms with Crippen LogP contribution in [0.1, 0.15) is 82.9 Å². The normalized spacial score (nSPS) is 16.9. The van der Waals surface area contributed by atoms with Gasteiger partial charge in [-0.3, -0.25) is 0 Å². The lowest BCUT2D eigenvalue weighted by Crippen LogP contribution is -2.32. The molecule has 0 bridgehead atoms. The molecular formula is C38H42NO+. The van der Waals surface area contributed by atoms with Gasteiger partial charge in [-0.25, -0.2) is 4.57 Å². The van der Waals surface area contributed by atoms with Crippen molar-refractivity contribution in [3.8, 4) is 22.8 Å². The van der Waals surface area contributed by atoms with E-state index in [2.05, 4.69) is 114 Å². The molecule has 5 aromatic rings. The molecule has 0 spiro atoms. The van der Waals surface area contributed by atoms with Gasteiger partial charge in [-0.15, -0.1) is 0 Å². The average Bonchev–Trinajstić information content (AvgIpc) is 2.91. The minimum Gasteiger partial charge on any atom is -0.455 e. The molecule has 0 N–H and O–H groups in total. The van der Waals surface area contributed by atoms with Crippen molar-refractivity contribution in [3.05, 3.63) is 77.5 Å². The molecule has 204 valence electrons. The van der Waals surface area contributed by atoms with Crippen LogP contribution in [0.5, 0.6) is 11.5 Å². The molecular weight excluding hydrogens is 486 g/mol. The molecule has 40 heavy (non-hydrogen) atoms. The van der Waals surface area contributed by atoms with E-state index in [0.29, 0.717) is 11.3 Å². The molecule has 4 aromatic carbocycles. The van der Waals surface area contributed by atoms with E-state index in [4.69, 9.17) is 4.74 Å². The number of rotatable bonds is 2. The molecule has 2 aliphatic rings. The van der Waals surface area contributed by atoms with Crippen LogP contribution in [-0.2, 0) is 13.5 Å². The van der Waals surface area contributed by atoms with Crippen LogP contribution in [-0.4, -0.2) is 0 Å². The molecule has 2 heteroatoms. The van der Waals surface area contributed by atoms with E-state index in [1.54, 1.807) is 0 Å². The maximum Gasteiger partial charge on any atom is 0.228 e. The highest BCUT2D eigenvalue weighted by Crippen LogP contribution is 2.53. The van der Waals surface area contributed by atoms with Crippen molar-refractivity contribution in [1.82, 2.24) is 0 Å². The fourth-order valence-electron chi connectivity index (χ4n) is 7.50. The molecule has 0 saturated heterocycles. The minimum absolute atomic E-state index is 0.137. The number of pyridine rings is 1. The first-order valence-electron chi connectivity index (χ1n) is 15.1. The number of hydrogen-bond acceptors (Lipinski definition) is 1. The summed E-state index contributed by atoms with van der Waals surface area (Å²) in [5, 5.41) is 7.80. The van der Waals surface area contributed by atoms with Gasteiger partial charge in [0, 0.05) is 17.0 Å². The summed E-state index contributed by atoms with van der Waals surface area (Å²) in [5.41, 5.74) is 7.27. The fraction of sp³-hybridized carbons (Fsp3) is 0.395. The second-order valence-corrected chi connectivity index (χ2v) is 14.6. The van der Waals surface area contributed by atoms with E-state index in [9.17, 15) is 0 Å². The van der Waals surface area contributed by atoms with E-state index >= 15 is 0 Å². The third kappa shape index (κ3) is 4.02. The van der Waals surface area contributed by atoms with Crippen molar-refractivity contribution in [2.75, 3.05) is 0 Å². The van der Waals surface area contributed by atoms with E-state index in [0.717, 1.165) is 17.9 Å². The third-order valence-electron chi connectivity index (χ3n) is 9.72. The van der Waals surface area contributed by atoms with Crippen LogP contribution >= 0.6 is 0 Å². The van der Waals surface area contributed by atoms with Crippen LogP contribution in [0.15, 0.2) is 60.8 Å². The molecule has 0 unspecified atom stereocenters. The van der Waals surface area contributed by atoms with E-state index in [1.807, 2.05) is 0 Å². The van der Waals surface area contributed by atoms with Crippen molar-refractivity contribution < 1.29 is 9.30 Å². The molecule has 7 rings (SSSR count). The maximum absolute atomic E-state index is 7.03. The Morgan fingerprint density at radius 3 is 2.35 bits per heavy atom. The first-order chi connectivity index (χ1) is 19.0. The maximum atomic E-state index is 7.03. The van der Waals surface area contributed by atoms with Gasteiger partial charge in [0.2, 0.25) is 5.69 Å². The van der Waals surface area contributed by atoms with Crippen LogP contribution in [0.4, 0.5) is 0 Å². The molecule has 0 atom stereocenters. The Morgan fingerprint density at radius 1 is 0.900 bits per heavy atom. The van der Waals surface area contributed by atoms with Crippen molar-refractivity contribution >= 4 is 32.3 Å². The Kier molecular flexibility index (Phi) is 5.63. The Balaban J connectivity index is 1.50. The van der Waals surface area contributed by atoms with Crippen molar-refractivity contribution in [3.63, 3.8) is 0 Å². The Bertz CT molecular complexity index is 1830. The molecule has 1 aliphatic heterocycles. The highest BCUT2D eigenvalue weighted by molar-refractivity contribution is 6.16. The van der Waals surface area contributed by atoms with Crippen LogP contribution in [0.25, 0.3) is 43.6 Å². The van der Waals surface area contributed by atoms with Gasteiger partial charge in [-0.2, -0.15) is 0 Å². The largest absolute Gasteiger partial charge is 0.455 e. The quantitative estimate of drug-likeness (QED) is 0.161. The van der Waals surface area contributed by atoms with Crippen LogP contribution in [0.3, 0.4) is 0 Å². The Hall–Kier alpha value is -3.39. The highest BCUT2D eigenvalue weighted by atomic mass is 16.5. The molecule has 1 fully saturated rings. The molecule has 2 nitrogen and oxygen atoms in total. The van der Waals surface area contributed by atoms with Crippen molar-refractivity contribution in [2.45, 2.75) is 79.6 Å². The van der Waals surface area contributed by atoms with Gasteiger partial charge in [-0.1, -0.05) is 77.1 Å². The summed E-state index contributed by atoms with van der Waals surface area (Å²) in [5.74, 6) is 2.69. The second kappa shape index (κ2) is 8.80. The lowest BCUT2D eigenvalue weighted by molar-refractivity contribution is -0.659. The summed E-state index contributed by atoms with van der Waals surface area (Å²) in [6.45, 7) is 14.1. The van der Waals surface area contributed by atoms with E-state index in [-0.39, 0.29) is 5.41 Å². The first kappa shape index (κ1) is 25.6. The summed E-state index contributed by atoms with van der Waals surface area (Å²) in [4.78, 5) is 0. The Morgan fingerprint density at radius 2 is 1.62 bits per heavy atom. The third-order valence-corrected chi connectivity index (χ3v) is 9.72. The number of aromatic nitrogens is 1. The summed E-state index contributed by atoms with van der Waals surface area (Å²) in [7, 11) is 2.19. The van der Waals surface area contributed by atoms with E-state index in [1.165, 1.54) is 85.9 Å². The number of fused-ring (bicyclic) bond motifs is 5. The predicted molar refractivity (Wildman–Crippen MR) is 169 cm³/mol. The highest BCUT2D eigenvalue weighted by Gasteiger charge is 2.34. The van der Waals surface area contributed by atoms with Gasteiger partial charge < -0.3 is 4.74 Å². The lowest BCUT2D eigenvalue weighted by Gasteiger charge is -2.34. The van der Waals surface area contributed by atoms with E-state index < -0.39 is 0 Å². The van der Waals surface area contributed by atoms with Gasteiger partial charge in [-0.05, 0) is 94.5 Å². The topological polar surface area (TPSA) is 13.1 Å². The van der Waals surface area contributed by atoms with Crippen LogP contribution in [0.2, 0.25) is 0 Å². The number of nitrogens with zero attached hydrogens (tertiary/aromatic N) is 1. The summed E-state index contributed by atoms with van der Waals surface area (Å²) in [6.07, 6.45) is 8.40. The van der Waals surface area contributed by atoms with Gasteiger partial charge in [0.1, 0.15) is 18.5 Å². The van der Waals surface area contributed by atoms with Crippen molar-refractivity contribution in [2.24, 2.45) is 17.9 Å². The molecule has 1 aromatic heterocycles. The van der Waals surface area contributed by atoms with Gasteiger partial charge >= 0.3 is 0 Å². The molecule has 2 heterocycles. The van der Waals surface area contributed by atoms with Crippen molar-refractivity contribution in [1.29, 1.82) is 0 Å². The van der Waals surface area contributed by atoms with Crippen LogP contribution in [0, 0.1) is 17.8 Å². The predicted octanol–water partition coefficient (Wildman–Crippen LogP) is 10.3. The second-order valence-electron chi connectivity index (χ2n) is 14.6. The summed E-state index contributed by atoms with van der Waals surface area (Å²) in [6, 6.07) is 20.7. The van der Waals surface area contributed by atoms with Gasteiger partial charge in [0.25, 0.3) is 0 Å². The number of hydrogen-bond donors (Lipinski definition) is 0. The molecule has 1 saturated carbocycles. The standard InChI is InChI=1S/C38H42NO/c1-23-27-10-8-9-11-28(27)31(22-37(2,3)4)36-33(23)35-34-29(16-19-39(35)7)30-20-25(12-13-26(30)21-32(34)40-36)24-14-17-38(5,6)18-15-24/h8-13,16,19-21,24H,14-15,17-18,22H2,1-7H3/q+1. The molecule has 0 amide bonds. The van der Waals surface area contributed by atoms with Crippen LogP contribution < -0.4 is 9.30 Å². The number of aryl methyl sites for hydroxylation is 2.